The van der Waals surface area contributed by atoms with Gasteiger partial charge in [-0.15, -0.1) is 0 Å². The molecule has 208 valence electrons. The summed E-state index contributed by atoms with van der Waals surface area (Å²) in [6, 6.07) is -6.24. The van der Waals surface area contributed by atoms with E-state index < -0.39 is 91.4 Å². The molecule has 0 radical (unpaired) electrons. The van der Waals surface area contributed by atoms with Crippen molar-refractivity contribution in [2.75, 3.05) is 6.54 Å². The van der Waals surface area contributed by atoms with Gasteiger partial charge in [0, 0.05) is 13.0 Å². The highest BCUT2D eigenvalue weighted by molar-refractivity contribution is 5.95. The van der Waals surface area contributed by atoms with Gasteiger partial charge in [0.25, 0.3) is 0 Å². The molecule has 0 aromatic rings. The number of carbonyl (C=O) groups excluding carboxylic acids is 4. The van der Waals surface area contributed by atoms with E-state index in [1.165, 1.54) is 0 Å². The second-order valence-electron chi connectivity index (χ2n) is 7.78. The van der Waals surface area contributed by atoms with E-state index in [0.717, 1.165) is 0 Å². The Bertz CT molecular complexity index is 905. The lowest BCUT2D eigenvalue weighted by atomic mass is 10.1. The predicted molar refractivity (Wildman–Crippen MR) is 124 cm³/mol. The number of rotatable bonds is 18. The van der Waals surface area contributed by atoms with Crippen LogP contribution in [0.1, 0.15) is 38.5 Å². The van der Waals surface area contributed by atoms with Crippen LogP contribution in [0.25, 0.3) is 0 Å². The summed E-state index contributed by atoms with van der Waals surface area (Å²) in [5.41, 5.74) is 20.9. The number of nitrogens with zero attached hydrogens (tertiary/aromatic N) is 1. The molecule has 18 nitrogen and oxygen atoms in total. The molecule has 0 saturated carbocycles. The van der Waals surface area contributed by atoms with E-state index in [2.05, 4.69) is 20.9 Å². The Labute approximate surface area is 210 Å². The molecular weight excluding hydrogens is 500 g/mol. The first-order valence-corrected chi connectivity index (χ1v) is 10.8. The van der Waals surface area contributed by atoms with Gasteiger partial charge in [0.15, 0.2) is 5.96 Å². The minimum atomic E-state index is -1.71. The van der Waals surface area contributed by atoms with E-state index in [4.69, 9.17) is 33.1 Å². The number of carboxylic acids is 3. The Kier molecular flexibility index (Phi) is 14.3. The number of amides is 4. The maximum atomic E-state index is 12.9. The lowest BCUT2D eigenvalue weighted by Gasteiger charge is -2.24. The average molecular weight is 533 g/mol. The third-order valence-electron chi connectivity index (χ3n) is 4.61. The zero-order chi connectivity index (χ0) is 28.7. The Hall–Kier alpha value is -4.48. The van der Waals surface area contributed by atoms with Crippen LogP contribution in [-0.2, 0) is 33.6 Å². The van der Waals surface area contributed by atoms with Crippen LogP contribution in [-0.4, -0.2) is 93.5 Å². The van der Waals surface area contributed by atoms with Gasteiger partial charge in [-0.05, 0) is 19.3 Å². The highest BCUT2D eigenvalue weighted by atomic mass is 16.4. The summed E-state index contributed by atoms with van der Waals surface area (Å²) in [5, 5.41) is 33.4. The fourth-order valence-corrected chi connectivity index (χ4v) is 2.81. The average Bonchev–Trinajstić information content (AvgIpc) is 2.76. The second kappa shape index (κ2) is 16.2. The molecule has 0 saturated heterocycles. The van der Waals surface area contributed by atoms with Crippen molar-refractivity contribution in [2.24, 2.45) is 27.9 Å². The number of primary amides is 1. The summed E-state index contributed by atoms with van der Waals surface area (Å²) in [4.78, 5) is 85.8. The molecule has 0 aromatic carbocycles. The Morgan fingerprint density at radius 2 is 1.22 bits per heavy atom. The van der Waals surface area contributed by atoms with Crippen molar-refractivity contribution in [2.45, 2.75) is 62.7 Å². The van der Waals surface area contributed by atoms with Crippen LogP contribution in [0.2, 0.25) is 0 Å². The van der Waals surface area contributed by atoms with E-state index in [9.17, 15) is 38.7 Å². The van der Waals surface area contributed by atoms with Crippen LogP contribution >= 0.6 is 0 Å². The molecule has 0 fully saturated rings. The molecule has 0 aliphatic heterocycles. The van der Waals surface area contributed by atoms with Gasteiger partial charge in [-0.2, -0.15) is 0 Å². The number of nitrogens with two attached hydrogens (primary N) is 4. The predicted octanol–water partition coefficient (Wildman–Crippen LogP) is -4.88. The largest absolute Gasteiger partial charge is 0.481 e. The molecule has 4 atom stereocenters. The fourth-order valence-electron chi connectivity index (χ4n) is 2.81. The summed E-state index contributed by atoms with van der Waals surface area (Å²) >= 11 is 0. The summed E-state index contributed by atoms with van der Waals surface area (Å²) in [7, 11) is 0. The van der Waals surface area contributed by atoms with E-state index >= 15 is 0 Å². The van der Waals surface area contributed by atoms with Crippen LogP contribution in [0, 0.1) is 0 Å². The number of aliphatic imine (C=N–C) groups is 1. The number of hydrogen-bond acceptors (Lipinski definition) is 9. The van der Waals surface area contributed by atoms with Crippen molar-refractivity contribution in [3.8, 4) is 0 Å². The molecule has 4 amide bonds. The number of nitrogens with one attached hydrogen (secondary N) is 3. The van der Waals surface area contributed by atoms with Gasteiger partial charge >= 0.3 is 17.9 Å². The highest BCUT2D eigenvalue weighted by Crippen LogP contribution is 2.05. The molecule has 0 aliphatic carbocycles. The van der Waals surface area contributed by atoms with Crippen LogP contribution < -0.4 is 38.9 Å². The lowest BCUT2D eigenvalue weighted by Crippen LogP contribution is -2.57. The first-order valence-electron chi connectivity index (χ1n) is 10.8. The summed E-state index contributed by atoms with van der Waals surface area (Å²) in [6.07, 6.45) is -2.59. The molecule has 37 heavy (non-hydrogen) atoms. The summed E-state index contributed by atoms with van der Waals surface area (Å²) < 4.78 is 0. The number of carboxylic acid groups (broad SMARTS) is 3. The smallest absolute Gasteiger partial charge is 0.326 e. The molecule has 0 aliphatic rings. The van der Waals surface area contributed by atoms with E-state index in [0.29, 0.717) is 0 Å². The number of aliphatic carboxylic acids is 3. The third kappa shape index (κ3) is 14.5. The van der Waals surface area contributed by atoms with Crippen LogP contribution in [0.15, 0.2) is 4.99 Å². The Morgan fingerprint density at radius 1 is 0.703 bits per heavy atom. The third-order valence-corrected chi connectivity index (χ3v) is 4.61. The minimum absolute atomic E-state index is 0.0227. The Morgan fingerprint density at radius 3 is 1.68 bits per heavy atom. The topological polar surface area (TPSA) is 333 Å². The van der Waals surface area contributed by atoms with Crippen molar-refractivity contribution in [1.82, 2.24) is 16.0 Å². The standard InChI is InChI=1S/C19H32N8O10/c20-8(6-14(31)32)15(33)25-10(3-4-13(29)30)17(35)26-9(2-1-5-24-19(22)23)16(34)27-11(18(36)37)7-12(21)28/h8-11H,1-7,20H2,(H2,21,28)(H,25,33)(H,26,35)(H,27,34)(H,29,30)(H,31,32)(H,36,37)(H4,22,23,24). The van der Waals surface area contributed by atoms with Gasteiger partial charge in [0.2, 0.25) is 23.6 Å². The van der Waals surface area contributed by atoms with Crippen molar-refractivity contribution < 1.29 is 48.9 Å². The second-order valence-corrected chi connectivity index (χ2v) is 7.78. The Balaban J connectivity index is 5.74. The van der Waals surface area contributed by atoms with Crippen LogP contribution in [0.4, 0.5) is 0 Å². The van der Waals surface area contributed by atoms with Gasteiger partial charge in [-0.1, -0.05) is 0 Å². The SMILES string of the molecule is NC(=O)CC(NC(=O)C(CCCN=C(N)N)NC(=O)C(CCC(=O)O)NC(=O)C(N)CC(=O)O)C(=O)O. The van der Waals surface area contributed by atoms with Gasteiger partial charge in [0.05, 0.1) is 18.9 Å². The van der Waals surface area contributed by atoms with Crippen LogP contribution in [0.3, 0.4) is 0 Å². The molecular formula is C19H32N8O10. The van der Waals surface area contributed by atoms with Gasteiger partial charge < -0.3 is 54.2 Å². The van der Waals surface area contributed by atoms with E-state index in [1.54, 1.807) is 0 Å². The van der Waals surface area contributed by atoms with Crippen molar-refractivity contribution >= 4 is 47.5 Å². The quantitative estimate of drug-likeness (QED) is 0.0450. The van der Waals surface area contributed by atoms with Crippen molar-refractivity contribution in [3.05, 3.63) is 0 Å². The highest BCUT2D eigenvalue weighted by Gasteiger charge is 2.31. The maximum absolute atomic E-state index is 12.9. The number of carbonyl (C=O) groups is 7. The minimum Gasteiger partial charge on any atom is -0.481 e. The van der Waals surface area contributed by atoms with E-state index in [-0.39, 0.29) is 25.3 Å². The van der Waals surface area contributed by atoms with Gasteiger partial charge in [-0.3, -0.25) is 33.8 Å². The van der Waals surface area contributed by atoms with Crippen LogP contribution in [0.5, 0.6) is 0 Å². The molecule has 0 spiro atoms. The number of guanidine groups is 1. The fraction of sp³-hybridized carbons (Fsp3) is 0.579. The van der Waals surface area contributed by atoms with Crippen molar-refractivity contribution in [3.63, 3.8) is 0 Å². The molecule has 0 bridgehead atoms. The van der Waals surface area contributed by atoms with Gasteiger partial charge in [-0.25, -0.2) is 4.79 Å². The molecule has 4 unspecified atom stereocenters. The molecule has 0 aromatic heterocycles. The zero-order valence-corrected chi connectivity index (χ0v) is 19.7. The maximum Gasteiger partial charge on any atom is 0.326 e. The monoisotopic (exact) mass is 532 g/mol. The lowest BCUT2D eigenvalue weighted by molar-refractivity contribution is -0.143. The molecule has 14 N–H and O–H groups in total. The van der Waals surface area contributed by atoms with Crippen molar-refractivity contribution in [1.29, 1.82) is 0 Å². The molecule has 18 heteroatoms. The first-order chi connectivity index (χ1) is 17.1. The zero-order valence-electron chi connectivity index (χ0n) is 19.7. The molecule has 0 heterocycles. The first kappa shape index (κ1) is 32.5. The normalized spacial score (nSPS) is 13.6. The summed E-state index contributed by atoms with van der Waals surface area (Å²) in [6.45, 7) is 0.0227. The molecule has 0 rings (SSSR count). The van der Waals surface area contributed by atoms with E-state index in [1.807, 2.05) is 0 Å². The summed E-state index contributed by atoms with van der Waals surface area (Å²) in [5.74, 6) is -8.68. The van der Waals surface area contributed by atoms with Gasteiger partial charge in [0.1, 0.15) is 18.1 Å². The number of hydrogen-bond donors (Lipinski definition) is 10.